The van der Waals surface area contributed by atoms with Gasteiger partial charge in [0.25, 0.3) is 0 Å². The van der Waals surface area contributed by atoms with Gasteiger partial charge in [0.15, 0.2) is 11.7 Å². The van der Waals surface area contributed by atoms with Crippen molar-refractivity contribution in [1.29, 1.82) is 0 Å². The molecule has 0 atom stereocenters. The molecular formula is C18H23F3IN5S. The number of thiazole rings is 1. The van der Waals surface area contributed by atoms with E-state index in [9.17, 15) is 13.2 Å². The summed E-state index contributed by atoms with van der Waals surface area (Å²) in [5, 5.41) is 4.77. The third kappa shape index (κ3) is 5.97. The first-order valence-corrected chi connectivity index (χ1v) is 9.62. The first kappa shape index (κ1) is 22.7. The number of aliphatic imine (C=N–C) groups is 1. The van der Waals surface area contributed by atoms with Gasteiger partial charge in [-0.25, -0.2) is 4.98 Å². The van der Waals surface area contributed by atoms with Gasteiger partial charge in [-0.15, -0.1) is 35.3 Å². The van der Waals surface area contributed by atoms with E-state index in [4.69, 9.17) is 0 Å². The minimum absolute atomic E-state index is 0. The molecule has 1 aliphatic heterocycles. The Bertz CT molecular complexity index is 758. The molecular weight excluding hydrogens is 502 g/mol. The zero-order valence-electron chi connectivity index (χ0n) is 15.4. The summed E-state index contributed by atoms with van der Waals surface area (Å²) in [6.45, 7) is 3.96. The molecule has 0 saturated carbocycles. The highest BCUT2D eigenvalue weighted by Gasteiger charge is 2.33. The number of benzene rings is 1. The molecule has 5 nitrogen and oxygen atoms in total. The molecule has 1 saturated heterocycles. The fourth-order valence-corrected chi connectivity index (χ4v) is 3.79. The highest BCUT2D eigenvalue weighted by atomic mass is 127. The van der Waals surface area contributed by atoms with Crippen LogP contribution in [0.3, 0.4) is 0 Å². The second-order valence-electron chi connectivity index (χ2n) is 6.16. The maximum atomic E-state index is 12.6. The van der Waals surface area contributed by atoms with Crippen molar-refractivity contribution < 1.29 is 13.2 Å². The summed E-state index contributed by atoms with van der Waals surface area (Å²) < 4.78 is 37.8. The summed E-state index contributed by atoms with van der Waals surface area (Å²) in [7, 11) is 1.72. The van der Waals surface area contributed by atoms with Crippen LogP contribution in [0, 0.1) is 0 Å². The van der Waals surface area contributed by atoms with Crippen LogP contribution >= 0.6 is 35.3 Å². The van der Waals surface area contributed by atoms with E-state index in [-0.39, 0.29) is 24.0 Å². The van der Waals surface area contributed by atoms with Crippen molar-refractivity contribution in [1.82, 2.24) is 15.2 Å². The maximum absolute atomic E-state index is 12.6. The van der Waals surface area contributed by atoms with Crippen molar-refractivity contribution in [2.24, 2.45) is 4.99 Å². The normalized spacial score (nSPS) is 15.4. The second kappa shape index (κ2) is 10.3. The molecule has 0 aliphatic carbocycles. The zero-order valence-corrected chi connectivity index (χ0v) is 18.6. The average Bonchev–Trinajstić information content (AvgIpc) is 3.16. The summed E-state index contributed by atoms with van der Waals surface area (Å²) in [4.78, 5) is 12.5. The second-order valence-corrected chi connectivity index (χ2v) is 7.10. The third-order valence-electron chi connectivity index (χ3n) is 4.38. The summed E-state index contributed by atoms with van der Waals surface area (Å²) in [6.07, 6.45) is -3.94. The molecule has 28 heavy (non-hydrogen) atoms. The third-order valence-corrected chi connectivity index (χ3v) is 5.29. The van der Waals surface area contributed by atoms with Crippen LogP contribution in [-0.2, 0) is 12.6 Å². The molecule has 3 rings (SSSR count). The molecule has 2 heterocycles. The van der Waals surface area contributed by atoms with E-state index in [1.54, 1.807) is 7.05 Å². The van der Waals surface area contributed by atoms with Gasteiger partial charge in [-0.3, -0.25) is 4.99 Å². The van der Waals surface area contributed by atoms with Crippen molar-refractivity contribution in [3.8, 4) is 0 Å². The van der Waals surface area contributed by atoms with Gasteiger partial charge in [-0.05, 0) is 12.1 Å². The molecule has 0 spiro atoms. The van der Waals surface area contributed by atoms with Crippen LogP contribution in [0.2, 0.25) is 0 Å². The number of hydrogen-bond acceptors (Lipinski definition) is 4. The summed E-state index contributed by atoms with van der Waals surface area (Å²) in [6, 6.07) is 10.3. The van der Waals surface area contributed by atoms with Crippen LogP contribution in [0.25, 0.3) is 0 Å². The number of guanidine groups is 1. The number of alkyl halides is 3. The van der Waals surface area contributed by atoms with Crippen molar-refractivity contribution in [2.75, 3.05) is 44.7 Å². The molecule has 10 heteroatoms. The van der Waals surface area contributed by atoms with E-state index >= 15 is 0 Å². The van der Waals surface area contributed by atoms with E-state index in [0.717, 1.165) is 48.9 Å². The van der Waals surface area contributed by atoms with E-state index in [1.165, 1.54) is 5.69 Å². The average molecular weight is 525 g/mol. The van der Waals surface area contributed by atoms with Crippen LogP contribution in [0.1, 0.15) is 10.7 Å². The number of nitrogens with one attached hydrogen (secondary N) is 1. The molecule has 1 aliphatic rings. The maximum Gasteiger partial charge on any atom is 0.434 e. The molecule has 0 bridgehead atoms. The fraction of sp³-hybridized carbons (Fsp3) is 0.444. The highest BCUT2D eigenvalue weighted by molar-refractivity contribution is 14.0. The summed E-state index contributed by atoms with van der Waals surface area (Å²) >= 11 is 1.04. The van der Waals surface area contributed by atoms with Crippen molar-refractivity contribution in [3.05, 3.63) is 46.4 Å². The van der Waals surface area contributed by atoms with E-state index in [0.29, 0.717) is 18.0 Å². The van der Waals surface area contributed by atoms with Crippen LogP contribution in [-0.4, -0.2) is 55.6 Å². The number of para-hydroxylation sites is 1. The molecule has 2 aromatic rings. The number of nitrogens with zero attached hydrogens (tertiary/aromatic N) is 4. The fourth-order valence-electron chi connectivity index (χ4n) is 2.98. The van der Waals surface area contributed by atoms with Gasteiger partial charge in [0.2, 0.25) is 0 Å². The SMILES string of the molecule is CN=C(NCCc1nc(C(F)(F)F)cs1)N1CCN(c2ccccc2)CC1.I. The summed E-state index contributed by atoms with van der Waals surface area (Å²) in [5.74, 6) is 0.773. The Morgan fingerprint density at radius 1 is 1.18 bits per heavy atom. The largest absolute Gasteiger partial charge is 0.434 e. The predicted molar refractivity (Wildman–Crippen MR) is 118 cm³/mol. The Hall–Kier alpha value is -1.56. The summed E-state index contributed by atoms with van der Waals surface area (Å²) in [5.41, 5.74) is 0.397. The monoisotopic (exact) mass is 525 g/mol. The smallest absolute Gasteiger partial charge is 0.368 e. The van der Waals surface area contributed by atoms with Crippen LogP contribution in [0.5, 0.6) is 0 Å². The Labute approximate surface area is 183 Å². The van der Waals surface area contributed by atoms with Crippen LogP contribution in [0.4, 0.5) is 18.9 Å². The molecule has 1 fully saturated rings. The Morgan fingerprint density at radius 3 is 2.43 bits per heavy atom. The number of rotatable bonds is 4. The number of aromatic nitrogens is 1. The first-order chi connectivity index (χ1) is 13.0. The molecule has 0 amide bonds. The van der Waals surface area contributed by atoms with Crippen molar-refractivity contribution in [2.45, 2.75) is 12.6 Å². The Morgan fingerprint density at radius 2 is 1.86 bits per heavy atom. The van der Waals surface area contributed by atoms with Crippen molar-refractivity contribution in [3.63, 3.8) is 0 Å². The number of piperazine rings is 1. The van der Waals surface area contributed by atoms with Crippen LogP contribution in [0.15, 0.2) is 40.7 Å². The van der Waals surface area contributed by atoms with E-state index in [1.807, 2.05) is 18.2 Å². The lowest BCUT2D eigenvalue weighted by molar-refractivity contribution is -0.140. The van der Waals surface area contributed by atoms with E-state index in [2.05, 4.69) is 37.2 Å². The zero-order chi connectivity index (χ0) is 19.3. The van der Waals surface area contributed by atoms with Crippen molar-refractivity contribution >= 4 is 47.0 Å². The molecule has 1 aromatic carbocycles. The molecule has 154 valence electrons. The van der Waals surface area contributed by atoms with Gasteiger partial charge in [-0.2, -0.15) is 13.2 Å². The van der Waals surface area contributed by atoms with Gasteiger partial charge >= 0.3 is 6.18 Å². The lowest BCUT2D eigenvalue weighted by atomic mass is 10.2. The van der Waals surface area contributed by atoms with Crippen LogP contribution < -0.4 is 10.2 Å². The first-order valence-electron chi connectivity index (χ1n) is 8.74. The quantitative estimate of drug-likeness (QED) is 0.376. The topological polar surface area (TPSA) is 43.8 Å². The number of hydrogen-bond donors (Lipinski definition) is 1. The molecule has 0 unspecified atom stereocenters. The van der Waals surface area contributed by atoms with Gasteiger partial charge in [-0.1, -0.05) is 18.2 Å². The standard InChI is InChI=1S/C18H22F3N5S.HI/c1-22-17(23-8-7-16-24-15(13-27-16)18(19,20)21)26-11-9-25(10-12-26)14-5-3-2-4-6-14;/h2-6,13H,7-12H2,1H3,(H,22,23);1H. The Balaban J connectivity index is 0.00000280. The highest BCUT2D eigenvalue weighted by Crippen LogP contribution is 2.30. The lowest BCUT2D eigenvalue weighted by Crippen LogP contribution is -2.52. The van der Waals surface area contributed by atoms with Gasteiger partial charge < -0.3 is 15.1 Å². The predicted octanol–water partition coefficient (Wildman–Crippen LogP) is 3.72. The van der Waals surface area contributed by atoms with Gasteiger partial charge in [0, 0.05) is 57.3 Å². The molecule has 1 N–H and O–H groups in total. The number of anilines is 1. The molecule has 0 radical (unpaired) electrons. The van der Waals surface area contributed by atoms with Gasteiger partial charge in [0.05, 0.1) is 5.01 Å². The van der Waals surface area contributed by atoms with E-state index < -0.39 is 11.9 Å². The molecule has 1 aromatic heterocycles. The van der Waals surface area contributed by atoms with Gasteiger partial charge in [0.1, 0.15) is 0 Å². The lowest BCUT2D eigenvalue weighted by Gasteiger charge is -2.37. The number of halogens is 4. The Kier molecular flexibility index (Phi) is 8.35. The minimum Gasteiger partial charge on any atom is -0.368 e. The minimum atomic E-state index is -4.38.